The Balaban J connectivity index is 2.54. The van der Waals surface area contributed by atoms with E-state index < -0.39 is 20.9 Å². The molecule has 0 aromatic carbocycles. The summed E-state index contributed by atoms with van der Waals surface area (Å²) in [4.78, 5) is 16.1. The van der Waals surface area contributed by atoms with E-state index in [1.807, 2.05) is 27.7 Å². The number of hydrogen-bond donors (Lipinski definition) is 3. The number of nitrogens with zero attached hydrogens (tertiary/aromatic N) is 2. The lowest BCUT2D eigenvalue weighted by molar-refractivity contribution is -0.128. The van der Waals surface area contributed by atoms with Gasteiger partial charge in [0.25, 0.3) is 0 Å². The number of hydrogen-bond acceptors (Lipinski definition) is 4. The van der Waals surface area contributed by atoms with Crippen molar-refractivity contribution in [2.45, 2.75) is 52.1 Å². The van der Waals surface area contributed by atoms with Gasteiger partial charge in [-0.25, -0.2) is 8.42 Å². The molecule has 1 amide bonds. The number of amides is 1. The second-order valence-corrected chi connectivity index (χ2v) is 9.46. The lowest BCUT2D eigenvalue weighted by Gasteiger charge is -2.32. The molecular weight excluding hydrogens is 399 g/mol. The van der Waals surface area contributed by atoms with E-state index in [0.29, 0.717) is 29.9 Å². The maximum absolute atomic E-state index is 12.6. The van der Waals surface area contributed by atoms with Gasteiger partial charge >= 0.3 is 15.5 Å². The third-order valence-corrected chi connectivity index (χ3v) is 5.75. The molecule has 0 saturated carbocycles. The van der Waals surface area contributed by atoms with Crippen LogP contribution in [0.25, 0.3) is 0 Å². The number of sulfonamides is 1. The summed E-state index contributed by atoms with van der Waals surface area (Å²) in [6.07, 6.45) is 0.473. The van der Waals surface area contributed by atoms with E-state index in [4.69, 9.17) is 0 Å². The fourth-order valence-electron chi connectivity index (χ4n) is 2.50. The number of nitrogens with one attached hydrogen (secondary N) is 3. The van der Waals surface area contributed by atoms with Gasteiger partial charge in [-0.3, -0.25) is 9.79 Å². The summed E-state index contributed by atoms with van der Waals surface area (Å²) in [7, 11) is -5.28. The van der Waals surface area contributed by atoms with Crippen molar-refractivity contribution in [3.8, 4) is 0 Å². The molecule has 0 atom stereocenters. The lowest BCUT2D eigenvalue weighted by Crippen LogP contribution is -2.51. The van der Waals surface area contributed by atoms with Gasteiger partial charge in [-0.2, -0.15) is 17.5 Å². The number of alkyl halides is 3. The van der Waals surface area contributed by atoms with E-state index in [1.54, 1.807) is 0 Å². The topological polar surface area (TPSA) is 103 Å². The average molecular weight is 430 g/mol. The Morgan fingerprint density at radius 3 is 2.18 bits per heavy atom. The van der Waals surface area contributed by atoms with Crippen LogP contribution in [0.4, 0.5) is 13.2 Å². The van der Waals surface area contributed by atoms with Gasteiger partial charge in [0.2, 0.25) is 5.91 Å². The molecule has 0 unspecified atom stereocenters. The number of piperidine rings is 1. The molecule has 0 bridgehead atoms. The highest BCUT2D eigenvalue weighted by molar-refractivity contribution is 7.90. The van der Waals surface area contributed by atoms with Crippen molar-refractivity contribution in [2.24, 2.45) is 10.4 Å². The van der Waals surface area contributed by atoms with E-state index in [0.717, 1.165) is 0 Å². The van der Waals surface area contributed by atoms with Crippen LogP contribution in [0, 0.1) is 5.41 Å². The zero-order valence-electron chi connectivity index (χ0n) is 16.7. The summed E-state index contributed by atoms with van der Waals surface area (Å²) < 4.78 is 61.2. The van der Waals surface area contributed by atoms with Crippen LogP contribution in [0.3, 0.4) is 0 Å². The summed E-state index contributed by atoms with van der Waals surface area (Å²) in [6.45, 7) is 8.15. The predicted octanol–water partition coefficient (Wildman–Crippen LogP) is 1.02. The zero-order valence-corrected chi connectivity index (χ0v) is 17.5. The Hall–Kier alpha value is -1.56. The van der Waals surface area contributed by atoms with Crippen LogP contribution in [0.5, 0.6) is 0 Å². The summed E-state index contributed by atoms with van der Waals surface area (Å²) in [5.74, 6) is 0.392. The van der Waals surface area contributed by atoms with E-state index in [2.05, 4.69) is 20.9 Å². The van der Waals surface area contributed by atoms with Gasteiger partial charge < -0.3 is 16.0 Å². The number of rotatable bonds is 6. The largest absolute Gasteiger partial charge is 0.511 e. The Bertz CT molecular complexity index is 651. The molecule has 1 heterocycles. The molecule has 1 rings (SSSR count). The molecular formula is C16H30F3N5O3S. The Morgan fingerprint density at radius 1 is 1.14 bits per heavy atom. The van der Waals surface area contributed by atoms with Crippen LogP contribution in [0.15, 0.2) is 4.99 Å². The molecule has 164 valence electrons. The van der Waals surface area contributed by atoms with Gasteiger partial charge in [0, 0.05) is 37.6 Å². The van der Waals surface area contributed by atoms with Gasteiger partial charge in [0.05, 0.1) is 6.54 Å². The van der Waals surface area contributed by atoms with E-state index >= 15 is 0 Å². The number of carbonyl (C=O) groups excluding carboxylic acids is 1. The van der Waals surface area contributed by atoms with Crippen LogP contribution in [0.2, 0.25) is 0 Å². The Kier molecular flexibility index (Phi) is 8.54. The van der Waals surface area contributed by atoms with Crippen LogP contribution >= 0.6 is 0 Å². The first-order valence-corrected chi connectivity index (χ1v) is 10.6. The third-order valence-electron chi connectivity index (χ3n) is 4.12. The monoisotopic (exact) mass is 429 g/mol. The molecule has 1 aliphatic rings. The van der Waals surface area contributed by atoms with Gasteiger partial charge in [-0.05, 0) is 19.8 Å². The van der Waals surface area contributed by atoms with Crippen LogP contribution in [-0.4, -0.2) is 68.9 Å². The van der Waals surface area contributed by atoms with Crippen molar-refractivity contribution in [1.82, 2.24) is 20.3 Å². The second-order valence-electron chi connectivity index (χ2n) is 7.53. The van der Waals surface area contributed by atoms with Gasteiger partial charge in [-0.1, -0.05) is 20.8 Å². The lowest BCUT2D eigenvalue weighted by atomic mass is 9.96. The van der Waals surface area contributed by atoms with Crippen LogP contribution in [0.1, 0.15) is 40.5 Å². The van der Waals surface area contributed by atoms with E-state index in [9.17, 15) is 26.4 Å². The molecule has 1 fully saturated rings. The smallest absolute Gasteiger partial charge is 0.357 e. The van der Waals surface area contributed by atoms with Crippen molar-refractivity contribution in [2.75, 3.05) is 32.7 Å². The first-order valence-electron chi connectivity index (χ1n) is 9.18. The minimum absolute atomic E-state index is 0.0843. The quantitative estimate of drug-likeness (QED) is 0.332. The van der Waals surface area contributed by atoms with Gasteiger partial charge in [0.15, 0.2) is 5.96 Å². The normalized spacial score (nSPS) is 18.0. The highest BCUT2D eigenvalue weighted by Gasteiger charge is 2.50. The zero-order chi connectivity index (χ0) is 21.6. The number of carbonyl (C=O) groups is 1. The highest BCUT2D eigenvalue weighted by atomic mass is 32.2. The predicted molar refractivity (Wildman–Crippen MR) is 101 cm³/mol. The van der Waals surface area contributed by atoms with Crippen molar-refractivity contribution in [1.29, 1.82) is 0 Å². The number of halogens is 3. The minimum atomic E-state index is -5.28. The molecule has 12 heteroatoms. The molecule has 0 aromatic rings. The fraction of sp³-hybridized carbons (Fsp3) is 0.875. The molecule has 28 heavy (non-hydrogen) atoms. The first kappa shape index (κ1) is 24.5. The first-order chi connectivity index (χ1) is 12.8. The maximum atomic E-state index is 12.6. The molecule has 0 radical (unpaired) electrons. The summed E-state index contributed by atoms with van der Waals surface area (Å²) >= 11 is 0. The molecule has 1 saturated heterocycles. The highest BCUT2D eigenvalue weighted by Crippen LogP contribution is 2.28. The van der Waals surface area contributed by atoms with E-state index in [-0.39, 0.29) is 37.9 Å². The minimum Gasteiger partial charge on any atom is -0.357 e. The Morgan fingerprint density at radius 2 is 1.71 bits per heavy atom. The molecule has 3 N–H and O–H groups in total. The Labute approximate surface area is 164 Å². The molecule has 0 aromatic heterocycles. The number of guanidine groups is 1. The van der Waals surface area contributed by atoms with Gasteiger partial charge in [0.1, 0.15) is 0 Å². The van der Waals surface area contributed by atoms with Crippen molar-refractivity contribution >= 4 is 21.9 Å². The third kappa shape index (κ3) is 7.12. The standard InChI is InChI=1S/C16H30F3N5O3S/c1-5-20-14(22-9-8-21-13(25)15(2,3)4)23-12-6-10-24(11-7-12)28(26,27)16(17,18)19/h12H,5-11H2,1-4H3,(H,21,25)(H2,20,22,23). The molecule has 8 nitrogen and oxygen atoms in total. The van der Waals surface area contributed by atoms with Crippen molar-refractivity contribution in [3.05, 3.63) is 0 Å². The average Bonchev–Trinajstić information content (AvgIpc) is 2.57. The number of aliphatic imine (C=N–C) groups is 1. The van der Waals surface area contributed by atoms with E-state index in [1.165, 1.54) is 0 Å². The van der Waals surface area contributed by atoms with Crippen molar-refractivity contribution in [3.63, 3.8) is 0 Å². The summed E-state index contributed by atoms with van der Waals surface area (Å²) in [6, 6.07) is -0.193. The SMILES string of the molecule is CCNC(=NCCNC(=O)C(C)(C)C)NC1CCN(S(=O)(=O)C(F)(F)F)CC1. The molecule has 0 aliphatic carbocycles. The van der Waals surface area contributed by atoms with Crippen LogP contribution < -0.4 is 16.0 Å². The fourth-order valence-corrected chi connectivity index (χ4v) is 3.49. The van der Waals surface area contributed by atoms with Crippen LogP contribution in [-0.2, 0) is 14.8 Å². The summed E-state index contributed by atoms with van der Waals surface area (Å²) in [5.41, 5.74) is -5.77. The second kappa shape index (κ2) is 9.77. The van der Waals surface area contributed by atoms with Gasteiger partial charge in [-0.15, -0.1) is 0 Å². The summed E-state index contributed by atoms with van der Waals surface area (Å²) in [5, 5.41) is 8.92. The molecule has 0 spiro atoms. The molecule has 1 aliphatic heterocycles. The maximum Gasteiger partial charge on any atom is 0.511 e. The van der Waals surface area contributed by atoms with Crippen molar-refractivity contribution < 1.29 is 26.4 Å².